The molecule has 1 aromatic rings. The van der Waals surface area contributed by atoms with Crippen molar-refractivity contribution in [1.29, 1.82) is 0 Å². The van der Waals surface area contributed by atoms with Crippen molar-refractivity contribution in [2.45, 2.75) is 19.8 Å². The van der Waals surface area contributed by atoms with E-state index in [9.17, 15) is 4.79 Å². The average molecular weight is 261 g/mol. The molecule has 0 aromatic heterocycles. The van der Waals surface area contributed by atoms with Crippen LogP contribution < -0.4 is 5.32 Å². The Morgan fingerprint density at radius 2 is 2.32 bits per heavy atom. The van der Waals surface area contributed by atoms with E-state index in [0.29, 0.717) is 31.7 Å². The standard InChI is InChI=1S/C15H19NO3/c1-2-19-11-5-9-15(18)16-14-8-3-6-13(12-14)7-4-10-17/h3,6,8,12,17H,2,5,9-11H2,1H3,(H,16,18). The molecule has 0 spiro atoms. The molecular weight excluding hydrogens is 242 g/mol. The van der Waals surface area contributed by atoms with Crippen molar-refractivity contribution >= 4 is 11.6 Å². The number of carbonyl (C=O) groups is 1. The molecular formula is C15H19NO3. The second-order valence-corrected chi connectivity index (χ2v) is 3.89. The molecule has 0 radical (unpaired) electrons. The first-order valence-corrected chi connectivity index (χ1v) is 6.33. The fourth-order valence-electron chi connectivity index (χ4n) is 1.52. The summed E-state index contributed by atoms with van der Waals surface area (Å²) < 4.78 is 5.18. The number of hydrogen-bond acceptors (Lipinski definition) is 3. The summed E-state index contributed by atoms with van der Waals surface area (Å²) in [5, 5.41) is 11.4. The molecule has 0 aliphatic rings. The fraction of sp³-hybridized carbons (Fsp3) is 0.400. The highest BCUT2D eigenvalue weighted by Crippen LogP contribution is 2.10. The van der Waals surface area contributed by atoms with Crippen LogP contribution in [0.2, 0.25) is 0 Å². The Morgan fingerprint density at radius 3 is 3.05 bits per heavy atom. The van der Waals surface area contributed by atoms with Crippen LogP contribution >= 0.6 is 0 Å². The Hall–Kier alpha value is -1.83. The van der Waals surface area contributed by atoms with Crippen LogP contribution in [0.25, 0.3) is 0 Å². The summed E-state index contributed by atoms with van der Waals surface area (Å²) in [6.45, 7) is 3.03. The molecule has 0 saturated heterocycles. The lowest BCUT2D eigenvalue weighted by Crippen LogP contribution is -2.12. The van der Waals surface area contributed by atoms with Gasteiger partial charge in [0.2, 0.25) is 5.91 Å². The number of rotatable bonds is 6. The van der Waals surface area contributed by atoms with Gasteiger partial charge in [0.05, 0.1) is 0 Å². The fourth-order valence-corrected chi connectivity index (χ4v) is 1.52. The monoisotopic (exact) mass is 261 g/mol. The molecule has 0 heterocycles. The largest absolute Gasteiger partial charge is 0.384 e. The lowest BCUT2D eigenvalue weighted by Gasteiger charge is -2.05. The van der Waals surface area contributed by atoms with Gasteiger partial charge in [-0.25, -0.2) is 0 Å². The lowest BCUT2D eigenvalue weighted by molar-refractivity contribution is -0.116. The van der Waals surface area contributed by atoms with Crippen molar-refractivity contribution in [1.82, 2.24) is 0 Å². The number of nitrogens with one attached hydrogen (secondary N) is 1. The highest BCUT2D eigenvalue weighted by atomic mass is 16.5. The summed E-state index contributed by atoms with van der Waals surface area (Å²) in [4.78, 5) is 11.7. The molecule has 1 amide bonds. The van der Waals surface area contributed by atoms with Gasteiger partial charge in [0, 0.05) is 30.9 Å². The summed E-state index contributed by atoms with van der Waals surface area (Å²) >= 11 is 0. The number of ether oxygens (including phenoxy) is 1. The minimum atomic E-state index is -0.173. The summed E-state index contributed by atoms with van der Waals surface area (Å²) in [5.74, 6) is 5.33. The van der Waals surface area contributed by atoms with Gasteiger partial charge in [-0.15, -0.1) is 0 Å². The molecule has 1 rings (SSSR count). The third-order valence-electron chi connectivity index (χ3n) is 2.35. The van der Waals surface area contributed by atoms with E-state index >= 15 is 0 Å². The van der Waals surface area contributed by atoms with Crippen LogP contribution in [-0.4, -0.2) is 30.8 Å². The summed E-state index contributed by atoms with van der Waals surface area (Å²) in [7, 11) is 0. The van der Waals surface area contributed by atoms with Gasteiger partial charge in [-0.2, -0.15) is 0 Å². The van der Waals surface area contributed by atoms with E-state index in [-0.39, 0.29) is 12.5 Å². The van der Waals surface area contributed by atoms with Gasteiger partial charge in [0.25, 0.3) is 0 Å². The van der Waals surface area contributed by atoms with Crippen molar-refractivity contribution < 1.29 is 14.6 Å². The van der Waals surface area contributed by atoms with Crippen LogP contribution in [0.4, 0.5) is 5.69 Å². The third kappa shape index (κ3) is 6.61. The van der Waals surface area contributed by atoms with E-state index in [2.05, 4.69) is 17.2 Å². The second-order valence-electron chi connectivity index (χ2n) is 3.89. The average Bonchev–Trinajstić information content (AvgIpc) is 2.42. The zero-order chi connectivity index (χ0) is 13.9. The first kappa shape index (κ1) is 15.2. The minimum Gasteiger partial charge on any atom is -0.384 e. The Morgan fingerprint density at radius 1 is 1.47 bits per heavy atom. The molecule has 4 heteroatoms. The van der Waals surface area contributed by atoms with E-state index in [1.54, 1.807) is 6.07 Å². The summed E-state index contributed by atoms with van der Waals surface area (Å²) in [6, 6.07) is 7.23. The SMILES string of the molecule is CCOCCCC(=O)Nc1cccc(C#CCO)c1. The maximum Gasteiger partial charge on any atom is 0.224 e. The number of carbonyl (C=O) groups excluding carboxylic acids is 1. The molecule has 0 bridgehead atoms. The van der Waals surface area contributed by atoms with E-state index < -0.39 is 0 Å². The van der Waals surface area contributed by atoms with Crippen molar-refractivity contribution in [3.8, 4) is 11.8 Å². The molecule has 1 aromatic carbocycles. The quantitative estimate of drug-likeness (QED) is 0.606. The minimum absolute atomic E-state index is 0.0352. The molecule has 2 N–H and O–H groups in total. The van der Waals surface area contributed by atoms with Gasteiger partial charge in [-0.1, -0.05) is 17.9 Å². The predicted molar refractivity (Wildman–Crippen MR) is 74.8 cm³/mol. The molecule has 102 valence electrons. The number of aliphatic hydroxyl groups is 1. The highest BCUT2D eigenvalue weighted by Gasteiger charge is 2.02. The first-order chi connectivity index (χ1) is 9.26. The molecule has 0 unspecified atom stereocenters. The Bertz CT molecular complexity index is 460. The second kappa shape index (κ2) is 9.15. The number of benzene rings is 1. The van der Waals surface area contributed by atoms with E-state index in [1.165, 1.54) is 0 Å². The van der Waals surface area contributed by atoms with Gasteiger partial charge >= 0.3 is 0 Å². The molecule has 19 heavy (non-hydrogen) atoms. The van der Waals surface area contributed by atoms with Gasteiger partial charge in [0.1, 0.15) is 6.61 Å². The molecule has 0 fully saturated rings. The van der Waals surface area contributed by atoms with Crippen molar-refractivity contribution in [2.24, 2.45) is 0 Å². The van der Waals surface area contributed by atoms with E-state index in [4.69, 9.17) is 9.84 Å². The zero-order valence-corrected chi connectivity index (χ0v) is 11.1. The summed E-state index contributed by atoms with van der Waals surface area (Å²) in [5.41, 5.74) is 1.48. The third-order valence-corrected chi connectivity index (χ3v) is 2.35. The van der Waals surface area contributed by atoms with Gasteiger partial charge in [0.15, 0.2) is 0 Å². The normalized spacial score (nSPS) is 9.58. The number of anilines is 1. The Kier molecular flexibility index (Phi) is 7.33. The number of hydrogen-bond donors (Lipinski definition) is 2. The van der Waals surface area contributed by atoms with Crippen molar-refractivity contribution in [3.63, 3.8) is 0 Å². The molecule has 0 aliphatic carbocycles. The van der Waals surface area contributed by atoms with E-state index in [0.717, 1.165) is 5.56 Å². The maximum atomic E-state index is 11.7. The molecule has 0 aliphatic heterocycles. The first-order valence-electron chi connectivity index (χ1n) is 6.33. The van der Waals surface area contributed by atoms with Crippen LogP contribution in [-0.2, 0) is 9.53 Å². The lowest BCUT2D eigenvalue weighted by atomic mass is 10.2. The zero-order valence-electron chi connectivity index (χ0n) is 11.1. The Labute approximate surface area is 113 Å². The van der Waals surface area contributed by atoms with Crippen LogP contribution in [0.15, 0.2) is 24.3 Å². The Balaban J connectivity index is 2.45. The van der Waals surface area contributed by atoms with Crippen LogP contribution in [0.5, 0.6) is 0 Å². The van der Waals surface area contributed by atoms with Gasteiger partial charge in [-0.05, 0) is 31.5 Å². The van der Waals surface area contributed by atoms with Crippen LogP contribution in [0.3, 0.4) is 0 Å². The van der Waals surface area contributed by atoms with Crippen molar-refractivity contribution in [2.75, 3.05) is 25.1 Å². The van der Waals surface area contributed by atoms with E-state index in [1.807, 2.05) is 25.1 Å². The summed E-state index contributed by atoms with van der Waals surface area (Å²) in [6.07, 6.45) is 1.15. The predicted octanol–water partition coefficient (Wildman–Crippen LogP) is 1.79. The van der Waals surface area contributed by atoms with Gasteiger partial charge in [-0.3, -0.25) is 4.79 Å². The molecule has 0 atom stereocenters. The van der Waals surface area contributed by atoms with Crippen LogP contribution in [0, 0.1) is 11.8 Å². The molecule has 4 nitrogen and oxygen atoms in total. The number of aliphatic hydroxyl groups excluding tert-OH is 1. The highest BCUT2D eigenvalue weighted by molar-refractivity contribution is 5.90. The van der Waals surface area contributed by atoms with Crippen molar-refractivity contribution in [3.05, 3.63) is 29.8 Å². The van der Waals surface area contributed by atoms with Crippen LogP contribution in [0.1, 0.15) is 25.3 Å². The topological polar surface area (TPSA) is 58.6 Å². The maximum absolute atomic E-state index is 11.7. The smallest absolute Gasteiger partial charge is 0.224 e. The number of amides is 1. The molecule has 0 saturated carbocycles. The van der Waals surface area contributed by atoms with Gasteiger partial charge < -0.3 is 15.2 Å².